The second-order valence-corrected chi connectivity index (χ2v) is 2.23. The summed E-state index contributed by atoms with van der Waals surface area (Å²) in [4.78, 5) is 0. The molecule has 1 saturated heterocycles. The average Bonchev–Trinajstić information content (AvgIpc) is 2.63. The minimum atomic E-state index is 0.418. The molecule has 0 aromatic heterocycles. The van der Waals surface area contributed by atoms with Gasteiger partial charge in [-0.15, -0.1) is 0 Å². The second kappa shape index (κ2) is 3.85. The topological polar surface area (TPSA) is 21.8 Å². The normalized spacial score (nSPS) is 24.3. The zero-order valence-electron chi connectivity index (χ0n) is 5.80. The van der Waals surface area contributed by atoms with Gasteiger partial charge in [-0.25, -0.2) is 0 Å². The quantitative estimate of drug-likeness (QED) is 0.408. The van der Waals surface area contributed by atoms with Gasteiger partial charge in [-0.3, -0.25) is 0 Å². The Bertz CT molecular complexity index is 69.3. The highest BCUT2D eigenvalue weighted by molar-refractivity contribution is 4.67. The summed E-state index contributed by atoms with van der Waals surface area (Å²) in [6, 6.07) is 0. The standard InChI is InChI=1S/C7H13O2/c1-2-3-4-8-5-7-6-9-7/h2,7H,3-6H2,1H3. The summed E-state index contributed by atoms with van der Waals surface area (Å²) in [7, 11) is 0. The minimum Gasteiger partial charge on any atom is -0.379 e. The van der Waals surface area contributed by atoms with E-state index in [2.05, 4.69) is 6.42 Å². The van der Waals surface area contributed by atoms with Crippen LogP contribution in [0.1, 0.15) is 13.3 Å². The van der Waals surface area contributed by atoms with E-state index in [4.69, 9.17) is 9.47 Å². The van der Waals surface area contributed by atoms with E-state index < -0.39 is 0 Å². The lowest BCUT2D eigenvalue weighted by atomic mass is 10.4. The Hall–Kier alpha value is -0.0800. The molecule has 2 heteroatoms. The molecular weight excluding hydrogens is 116 g/mol. The first-order valence-corrected chi connectivity index (χ1v) is 3.40. The predicted octanol–water partition coefficient (Wildman–Crippen LogP) is 1.02. The molecule has 0 spiro atoms. The number of hydrogen-bond acceptors (Lipinski definition) is 2. The summed E-state index contributed by atoms with van der Waals surface area (Å²) >= 11 is 0. The second-order valence-electron chi connectivity index (χ2n) is 2.23. The summed E-state index contributed by atoms with van der Waals surface area (Å²) < 4.78 is 10.2. The molecule has 1 aliphatic heterocycles. The molecule has 0 aliphatic carbocycles. The highest BCUT2D eigenvalue weighted by Gasteiger charge is 2.21. The molecule has 53 valence electrons. The average molecular weight is 129 g/mol. The number of epoxide rings is 1. The molecule has 2 nitrogen and oxygen atoms in total. The fraction of sp³-hybridized carbons (Fsp3) is 0.857. The van der Waals surface area contributed by atoms with Crippen LogP contribution >= 0.6 is 0 Å². The largest absolute Gasteiger partial charge is 0.379 e. The summed E-state index contributed by atoms with van der Waals surface area (Å²) in [6.07, 6.45) is 3.57. The van der Waals surface area contributed by atoms with Gasteiger partial charge in [0, 0.05) is 6.61 Å². The van der Waals surface area contributed by atoms with Crippen LogP contribution in [0.4, 0.5) is 0 Å². The van der Waals surface area contributed by atoms with Crippen LogP contribution in [0.15, 0.2) is 0 Å². The van der Waals surface area contributed by atoms with Crippen LogP contribution in [0, 0.1) is 6.42 Å². The molecule has 1 fully saturated rings. The molecule has 0 amide bonds. The first-order chi connectivity index (χ1) is 4.43. The van der Waals surface area contributed by atoms with Crippen LogP contribution in [0.25, 0.3) is 0 Å². The Kier molecular flexibility index (Phi) is 3.01. The van der Waals surface area contributed by atoms with Gasteiger partial charge < -0.3 is 9.47 Å². The van der Waals surface area contributed by atoms with Gasteiger partial charge in [0.25, 0.3) is 0 Å². The van der Waals surface area contributed by atoms with Crippen molar-refractivity contribution in [2.45, 2.75) is 19.4 Å². The first-order valence-electron chi connectivity index (χ1n) is 3.40. The fourth-order valence-electron chi connectivity index (χ4n) is 0.580. The summed E-state index contributed by atoms with van der Waals surface area (Å²) in [5.41, 5.74) is 0. The molecule has 0 N–H and O–H groups in total. The van der Waals surface area contributed by atoms with Crippen molar-refractivity contribution >= 4 is 0 Å². The Morgan fingerprint density at radius 2 is 2.56 bits per heavy atom. The maximum Gasteiger partial charge on any atom is 0.104 e. The minimum absolute atomic E-state index is 0.418. The molecule has 1 unspecified atom stereocenters. The number of unbranched alkanes of at least 4 members (excludes halogenated alkanes) is 1. The van der Waals surface area contributed by atoms with Gasteiger partial charge in [-0.2, -0.15) is 0 Å². The van der Waals surface area contributed by atoms with Crippen molar-refractivity contribution in [2.75, 3.05) is 19.8 Å². The molecule has 1 aliphatic rings. The van der Waals surface area contributed by atoms with E-state index in [1.165, 1.54) is 0 Å². The van der Waals surface area contributed by atoms with Gasteiger partial charge in [-0.05, 0) is 12.8 Å². The summed E-state index contributed by atoms with van der Waals surface area (Å²) in [5.74, 6) is 0. The van der Waals surface area contributed by atoms with Crippen molar-refractivity contribution < 1.29 is 9.47 Å². The summed E-state index contributed by atoms with van der Waals surface area (Å²) in [6.45, 7) is 4.57. The van der Waals surface area contributed by atoms with Crippen molar-refractivity contribution in [1.29, 1.82) is 0 Å². The Labute approximate surface area is 56.2 Å². The van der Waals surface area contributed by atoms with E-state index in [1.54, 1.807) is 0 Å². The molecule has 1 heterocycles. The number of ether oxygens (including phenoxy) is 2. The maximum absolute atomic E-state index is 5.24. The molecule has 1 radical (unpaired) electrons. The molecule has 0 aromatic rings. The third kappa shape index (κ3) is 3.49. The van der Waals surface area contributed by atoms with Gasteiger partial charge in [0.2, 0.25) is 0 Å². The molecule has 1 atom stereocenters. The van der Waals surface area contributed by atoms with E-state index in [-0.39, 0.29) is 0 Å². The molecule has 0 bridgehead atoms. The third-order valence-corrected chi connectivity index (χ3v) is 1.26. The maximum atomic E-state index is 5.24. The van der Waals surface area contributed by atoms with Crippen LogP contribution in [0.3, 0.4) is 0 Å². The first kappa shape index (κ1) is 7.03. The van der Waals surface area contributed by atoms with E-state index in [9.17, 15) is 0 Å². The van der Waals surface area contributed by atoms with Gasteiger partial charge in [0.1, 0.15) is 6.10 Å². The van der Waals surface area contributed by atoms with Gasteiger partial charge in [0.05, 0.1) is 13.2 Å². The molecule has 9 heavy (non-hydrogen) atoms. The van der Waals surface area contributed by atoms with Crippen LogP contribution in [-0.4, -0.2) is 25.9 Å². The highest BCUT2D eigenvalue weighted by atomic mass is 16.6. The summed E-state index contributed by atoms with van der Waals surface area (Å²) in [5, 5.41) is 0. The molecular formula is C7H13O2. The van der Waals surface area contributed by atoms with Crippen molar-refractivity contribution in [2.24, 2.45) is 0 Å². The zero-order chi connectivity index (χ0) is 6.53. The third-order valence-electron chi connectivity index (χ3n) is 1.26. The Morgan fingerprint density at radius 1 is 1.78 bits per heavy atom. The van der Waals surface area contributed by atoms with Crippen LogP contribution in [0.5, 0.6) is 0 Å². The Balaban J connectivity index is 1.71. The van der Waals surface area contributed by atoms with Gasteiger partial charge in [0.15, 0.2) is 0 Å². The lowest BCUT2D eigenvalue weighted by Crippen LogP contribution is -2.02. The lowest BCUT2D eigenvalue weighted by Gasteiger charge is -1.97. The monoisotopic (exact) mass is 129 g/mol. The van der Waals surface area contributed by atoms with E-state index in [0.717, 1.165) is 26.2 Å². The van der Waals surface area contributed by atoms with Crippen molar-refractivity contribution in [3.05, 3.63) is 6.42 Å². The zero-order valence-corrected chi connectivity index (χ0v) is 5.80. The SMILES string of the molecule is C[CH]CCOCC1CO1. The lowest BCUT2D eigenvalue weighted by molar-refractivity contribution is 0.118. The molecule has 0 aromatic carbocycles. The van der Waals surface area contributed by atoms with E-state index in [0.29, 0.717) is 6.10 Å². The number of rotatable bonds is 5. The predicted molar refractivity (Wildman–Crippen MR) is 35.1 cm³/mol. The van der Waals surface area contributed by atoms with Gasteiger partial charge in [-0.1, -0.05) is 6.92 Å². The van der Waals surface area contributed by atoms with Crippen LogP contribution in [-0.2, 0) is 9.47 Å². The van der Waals surface area contributed by atoms with Crippen molar-refractivity contribution in [3.8, 4) is 0 Å². The van der Waals surface area contributed by atoms with Crippen LogP contribution in [0.2, 0.25) is 0 Å². The van der Waals surface area contributed by atoms with Gasteiger partial charge >= 0.3 is 0 Å². The van der Waals surface area contributed by atoms with Crippen molar-refractivity contribution in [3.63, 3.8) is 0 Å². The molecule has 0 saturated carbocycles. The van der Waals surface area contributed by atoms with E-state index >= 15 is 0 Å². The highest BCUT2D eigenvalue weighted by Crippen LogP contribution is 2.08. The van der Waals surface area contributed by atoms with E-state index in [1.807, 2.05) is 6.92 Å². The Morgan fingerprint density at radius 3 is 3.11 bits per heavy atom. The van der Waals surface area contributed by atoms with Crippen molar-refractivity contribution in [1.82, 2.24) is 0 Å². The fourth-order valence-corrected chi connectivity index (χ4v) is 0.580. The molecule has 1 rings (SSSR count). The smallest absolute Gasteiger partial charge is 0.104 e. The number of hydrogen-bond donors (Lipinski definition) is 0. The van der Waals surface area contributed by atoms with Crippen LogP contribution < -0.4 is 0 Å².